The molecule has 1 N–H and O–H groups in total. The molecule has 0 atom stereocenters. The minimum Gasteiger partial charge on any atom is -0.339 e. The molecule has 1 aromatic heterocycles. The lowest BCUT2D eigenvalue weighted by Gasteiger charge is -2.31. The van der Waals surface area contributed by atoms with Gasteiger partial charge in [0.25, 0.3) is 0 Å². The Morgan fingerprint density at radius 2 is 1.96 bits per heavy atom. The fourth-order valence-electron chi connectivity index (χ4n) is 3.31. The number of carbonyl (C=O) groups excluding carboxylic acids is 1. The third-order valence-electron chi connectivity index (χ3n) is 4.71. The van der Waals surface area contributed by atoms with Crippen LogP contribution in [-0.4, -0.2) is 38.7 Å². The highest BCUT2D eigenvalue weighted by molar-refractivity contribution is 7.71. The van der Waals surface area contributed by atoms with Gasteiger partial charge in [-0.2, -0.15) is 5.10 Å². The zero-order valence-corrected chi connectivity index (χ0v) is 15.8. The Balaban J connectivity index is 1.60. The van der Waals surface area contributed by atoms with Gasteiger partial charge in [-0.25, -0.2) is 4.39 Å². The van der Waals surface area contributed by atoms with Gasteiger partial charge < -0.3 is 9.47 Å². The van der Waals surface area contributed by atoms with E-state index in [-0.39, 0.29) is 17.8 Å². The van der Waals surface area contributed by atoms with E-state index in [0.29, 0.717) is 23.8 Å². The molecule has 0 bridgehead atoms. The summed E-state index contributed by atoms with van der Waals surface area (Å²) in [6, 6.07) is 6.34. The normalized spacial score (nSPS) is 15.9. The molecule has 1 amide bonds. The van der Waals surface area contributed by atoms with E-state index in [1.165, 1.54) is 12.1 Å². The number of rotatable bonds is 4. The van der Waals surface area contributed by atoms with Crippen molar-refractivity contribution < 1.29 is 9.18 Å². The molecule has 2 aromatic rings. The van der Waals surface area contributed by atoms with Crippen molar-refractivity contribution in [1.29, 1.82) is 0 Å². The van der Waals surface area contributed by atoms with E-state index in [9.17, 15) is 9.18 Å². The van der Waals surface area contributed by atoms with Crippen LogP contribution in [0.15, 0.2) is 30.3 Å². The van der Waals surface area contributed by atoms with Crippen molar-refractivity contribution in [2.45, 2.75) is 38.6 Å². The van der Waals surface area contributed by atoms with Crippen molar-refractivity contribution >= 4 is 24.2 Å². The number of carbonyl (C=O) groups is 1. The number of halogens is 1. The van der Waals surface area contributed by atoms with Crippen LogP contribution >= 0.6 is 12.2 Å². The van der Waals surface area contributed by atoms with Gasteiger partial charge in [0.2, 0.25) is 5.91 Å². The Bertz CT molecular complexity index is 845. The first kappa shape index (κ1) is 18.5. The zero-order chi connectivity index (χ0) is 18.7. The molecule has 1 aliphatic heterocycles. The number of aromatic amines is 1. The second kappa shape index (κ2) is 7.95. The van der Waals surface area contributed by atoms with Crippen LogP contribution in [0.25, 0.3) is 6.08 Å². The lowest BCUT2D eigenvalue weighted by atomic mass is 9.95. The molecule has 0 saturated carbocycles. The summed E-state index contributed by atoms with van der Waals surface area (Å²) >= 11 is 5.32. The molecule has 0 unspecified atom stereocenters. The molecule has 1 aliphatic rings. The first-order chi connectivity index (χ1) is 12.5. The zero-order valence-electron chi connectivity index (χ0n) is 15.0. The summed E-state index contributed by atoms with van der Waals surface area (Å²) in [4.78, 5) is 14.2. The largest absolute Gasteiger partial charge is 0.339 e. The van der Waals surface area contributed by atoms with Gasteiger partial charge in [-0.15, -0.1) is 0 Å². The molecule has 7 heteroatoms. The first-order valence-corrected chi connectivity index (χ1v) is 9.26. The second-order valence-electron chi connectivity index (χ2n) is 6.84. The quantitative estimate of drug-likeness (QED) is 0.648. The number of amides is 1. The maximum absolute atomic E-state index is 12.9. The van der Waals surface area contributed by atoms with Crippen LogP contribution in [0.4, 0.5) is 4.39 Å². The molecule has 0 radical (unpaired) electrons. The summed E-state index contributed by atoms with van der Waals surface area (Å²) < 4.78 is 15.6. The second-order valence-corrected chi connectivity index (χ2v) is 7.22. The van der Waals surface area contributed by atoms with Gasteiger partial charge in [-0.3, -0.25) is 9.89 Å². The fraction of sp³-hybridized carbons (Fsp3) is 0.421. The number of aromatic nitrogens is 3. The van der Waals surface area contributed by atoms with Gasteiger partial charge >= 0.3 is 0 Å². The van der Waals surface area contributed by atoms with Crippen LogP contribution in [0, 0.1) is 10.6 Å². The summed E-state index contributed by atoms with van der Waals surface area (Å²) in [5, 5.41) is 7.30. The SMILES string of the molecule is CC(C)n1c(C2CCN(C(=O)/C=C/c3ccc(F)cc3)CC2)n[nH]c1=S. The minimum atomic E-state index is -0.283. The number of hydrogen-bond acceptors (Lipinski definition) is 3. The van der Waals surface area contributed by atoms with Crippen LogP contribution < -0.4 is 0 Å². The molecular weight excluding hydrogens is 351 g/mol. The van der Waals surface area contributed by atoms with E-state index >= 15 is 0 Å². The molecule has 1 aromatic carbocycles. The Hall–Kier alpha value is -2.28. The predicted molar refractivity (Wildman–Crippen MR) is 102 cm³/mol. The van der Waals surface area contributed by atoms with Crippen molar-refractivity contribution in [2.75, 3.05) is 13.1 Å². The molecule has 138 valence electrons. The van der Waals surface area contributed by atoms with Crippen molar-refractivity contribution in [3.05, 3.63) is 52.3 Å². The molecule has 2 heterocycles. The average Bonchev–Trinajstić information content (AvgIpc) is 3.03. The standard InChI is InChI=1S/C19H23FN4OS/c1-13(2)24-18(21-22-19(24)26)15-9-11-23(12-10-15)17(25)8-5-14-3-6-16(20)7-4-14/h3-8,13,15H,9-12H2,1-2H3,(H,22,26)/b8-5+. The van der Waals surface area contributed by atoms with E-state index in [4.69, 9.17) is 12.2 Å². The monoisotopic (exact) mass is 374 g/mol. The number of piperidine rings is 1. The summed E-state index contributed by atoms with van der Waals surface area (Å²) in [6.07, 6.45) is 5.00. The van der Waals surface area contributed by atoms with Gasteiger partial charge in [-0.1, -0.05) is 12.1 Å². The van der Waals surface area contributed by atoms with Crippen molar-refractivity contribution in [3.8, 4) is 0 Å². The van der Waals surface area contributed by atoms with Crippen molar-refractivity contribution in [2.24, 2.45) is 0 Å². The van der Waals surface area contributed by atoms with E-state index in [2.05, 4.69) is 28.6 Å². The van der Waals surface area contributed by atoms with Crippen LogP contribution in [0.2, 0.25) is 0 Å². The molecule has 1 saturated heterocycles. The van der Waals surface area contributed by atoms with Gasteiger partial charge in [0.05, 0.1) is 0 Å². The number of nitrogens with one attached hydrogen (secondary N) is 1. The number of benzene rings is 1. The number of nitrogens with zero attached hydrogens (tertiary/aromatic N) is 3. The summed E-state index contributed by atoms with van der Waals surface area (Å²) in [7, 11) is 0. The van der Waals surface area contributed by atoms with E-state index in [0.717, 1.165) is 24.2 Å². The van der Waals surface area contributed by atoms with E-state index in [1.807, 2.05) is 4.90 Å². The minimum absolute atomic E-state index is 0.0181. The average molecular weight is 374 g/mol. The number of likely N-dealkylation sites (tertiary alicyclic amines) is 1. The van der Waals surface area contributed by atoms with Crippen molar-refractivity contribution in [1.82, 2.24) is 19.7 Å². The van der Waals surface area contributed by atoms with Gasteiger partial charge in [0.1, 0.15) is 11.6 Å². The third-order valence-corrected chi connectivity index (χ3v) is 5.00. The lowest BCUT2D eigenvalue weighted by molar-refractivity contribution is -0.127. The van der Waals surface area contributed by atoms with Gasteiger partial charge in [0.15, 0.2) is 4.77 Å². The van der Waals surface area contributed by atoms with E-state index < -0.39 is 0 Å². The van der Waals surface area contributed by atoms with Gasteiger partial charge in [-0.05, 0) is 62.7 Å². The molecule has 0 aliphatic carbocycles. The maximum atomic E-state index is 12.9. The first-order valence-electron chi connectivity index (χ1n) is 8.85. The molecule has 3 rings (SSSR count). The van der Waals surface area contributed by atoms with Crippen LogP contribution in [-0.2, 0) is 4.79 Å². The number of hydrogen-bond donors (Lipinski definition) is 1. The molecule has 26 heavy (non-hydrogen) atoms. The topological polar surface area (TPSA) is 53.9 Å². The Morgan fingerprint density at radius 3 is 2.58 bits per heavy atom. The summed E-state index contributed by atoms with van der Waals surface area (Å²) in [6.45, 7) is 5.56. The maximum Gasteiger partial charge on any atom is 0.246 e. The van der Waals surface area contributed by atoms with Crippen LogP contribution in [0.5, 0.6) is 0 Å². The smallest absolute Gasteiger partial charge is 0.246 e. The van der Waals surface area contributed by atoms with E-state index in [1.54, 1.807) is 24.3 Å². The lowest BCUT2D eigenvalue weighted by Crippen LogP contribution is -2.37. The van der Waals surface area contributed by atoms with Crippen molar-refractivity contribution in [3.63, 3.8) is 0 Å². The highest BCUT2D eigenvalue weighted by Gasteiger charge is 2.26. The van der Waals surface area contributed by atoms with Crippen LogP contribution in [0.3, 0.4) is 0 Å². The van der Waals surface area contributed by atoms with Crippen LogP contribution in [0.1, 0.15) is 50.0 Å². The molecule has 5 nitrogen and oxygen atoms in total. The predicted octanol–water partition coefficient (Wildman–Crippen LogP) is 4.08. The third kappa shape index (κ3) is 4.09. The van der Waals surface area contributed by atoms with Gasteiger partial charge in [0, 0.05) is 31.1 Å². The molecular formula is C19H23FN4OS. The molecule has 0 spiro atoms. The summed E-state index contributed by atoms with van der Waals surface area (Å²) in [5.41, 5.74) is 0.808. The number of H-pyrrole nitrogens is 1. The Kier molecular flexibility index (Phi) is 5.66. The summed E-state index contributed by atoms with van der Waals surface area (Å²) in [5.74, 6) is 0.986. The fourth-order valence-corrected chi connectivity index (χ4v) is 3.66. The Morgan fingerprint density at radius 1 is 1.31 bits per heavy atom. The Labute approximate surface area is 157 Å². The highest BCUT2D eigenvalue weighted by Crippen LogP contribution is 2.28. The molecule has 1 fully saturated rings. The highest BCUT2D eigenvalue weighted by atomic mass is 32.1.